The van der Waals surface area contributed by atoms with E-state index in [4.69, 9.17) is 16.3 Å². The SMILES string of the molecule is O=C(NCc1ccc(Cl)cc1)[C@H]1CN(S(=O)(=O)c2ccccc2)c2ccccc2O1. The van der Waals surface area contributed by atoms with Gasteiger partial charge in [0.2, 0.25) is 0 Å². The van der Waals surface area contributed by atoms with Gasteiger partial charge >= 0.3 is 0 Å². The largest absolute Gasteiger partial charge is 0.476 e. The fourth-order valence-corrected chi connectivity index (χ4v) is 4.81. The van der Waals surface area contributed by atoms with Gasteiger partial charge in [-0.2, -0.15) is 0 Å². The Labute approximate surface area is 180 Å². The quantitative estimate of drug-likeness (QED) is 0.655. The molecule has 30 heavy (non-hydrogen) atoms. The highest BCUT2D eigenvalue weighted by Crippen LogP contribution is 2.36. The maximum Gasteiger partial charge on any atom is 0.264 e. The van der Waals surface area contributed by atoms with Crippen molar-refractivity contribution < 1.29 is 17.9 Å². The topological polar surface area (TPSA) is 75.7 Å². The summed E-state index contributed by atoms with van der Waals surface area (Å²) >= 11 is 5.88. The Balaban J connectivity index is 1.58. The fraction of sp³-hybridized carbons (Fsp3) is 0.136. The van der Waals surface area contributed by atoms with Crippen LogP contribution in [0.2, 0.25) is 5.02 Å². The number of para-hydroxylation sites is 2. The van der Waals surface area contributed by atoms with Gasteiger partial charge in [-0.05, 0) is 42.0 Å². The molecule has 0 saturated carbocycles. The third-order valence-corrected chi connectivity index (χ3v) is 6.78. The zero-order valence-corrected chi connectivity index (χ0v) is 17.4. The summed E-state index contributed by atoms with van der Waals surface area (Å²) in [5.74, 6) is -0.0531. The maximum atomic E-state index is 13.3. The molecule has 0 unspecified atom stereocenters. The molecule has 0 aromatic heterocycles. The number of fused-ring (bicyclic) bond motifs is 1. The molecule has 6 nitrogen and oxygen atoms in total. The molecule has 0 fully saturated rings. The number of halogens is 1. The number of hydrogen-bond donors (Lipinski definition) is 1. The molecular weight excluding hydrogens is 424 g/mol. The zero-order valence-electron chi connectivity index (χ0n) is 15.9. The van der Waals surface area contributed by atoms with E-state index in [-0.39, 0.29) is 18.0 Å². The summed E-state index contributed by atoms with van der Waals surface area (Å²) in [4.78, 5) is 12.9. The first-order valence-corrected chi connectivity index (χ1v) is 11.1. The van der Waals surface area contributed by atoms with Gasteiger partial charge in [0.1, 0.15) is 5.75 Å². The van der Waals surface area contributed by atoms with E-state index in [2.05, 4.69) is 5.32 Å². The van der Waals surface area contributed by atoms with Crippen LogP contribution in [-0.4, -0.2) is 27.0 Å². The van der Waals surface area contributed by atoms with Crippen LogP contribution < -0.4 is 14.4 Å². The van der Waals surface area contributed by atoms with Gasteiger partial charge in [-0.3, -0.25) is 9.10 Å². The van der Waals surface area contributed by atoms with Crippen LogP contribution >= 0.6 is 11.6 Å². The van der Waals surface area contributed by atoms with E-state index in [0.29, 0.717) is 16.5 Å². The molecule has 1 N–H and O–H groups in total. The van der Waals surface area contributed by atoms with Gasteiger partial charge < -0.3 is 10.1 Å². The number of carbonyl (C=O) groups is 1. The highest BCUT2D eigenvalue weighted by atomic mass is 35.5. The second kappa shape index (κ2) is 8.38. The number of sulfonamides is 1. The second-order valence-electron chi connectivity index (χ2n) is 6.77. The average Bonchev–Trinajstić information content (AvgIpc) is 2.78. The maximum absolute atomic E-state index is 13.3. The summed E-state index contributed by atoms with van der Waals surface area (Å²) in [6.07, 6.45) is -0.981. The number of nitrogens with zero attached hydrogens (tertiary/aromatic N) is 1. The molecule has 0 saturated heterocycles. The molecule has 8 heteroatoms. The van der Waals surface area contributed by atoms with Crippen LogP contribution in [0.25, 0.3) is 0 Å². The smallest absolute Gasteiger partial charge is 0.264 e. The number of hydrogen-bond acceptors (Lipinski definition) is 4. The molecule has 0 radical (unpaired) electrons. The summed E-state index contributed by atoms with van der Waals surface area (Å²) in [5, 5.41) is 3.41. The molecule has 0 aliphatic carbocycles. The predicted octanol–water partition coefficient (Wildman–Crippen LogP) is 3.61. The van der Waals surface area contributed by atoms with E-state index >= 15 is 0 Å². The molecule has 3 aromatic carbocycles. The van der Waals surface area contributed by atoms with Crippen molar-refractivity contribution in [1.82, 2.24) is 5.32 Å². The molecule has 1 heterocycles. The number of ether oxygens (including phenoxy) is 1. The average molecular weight is 443 g/mol. The minimum atomic E-state index is -3.86. The summed E-state index contributed by atoms with van der Waals surface area (Å²) in [7, 11) is -3.86. The number of nitrogens with one attached hydrogen (secondary N) is 1. The van der Waals surface area contributed by atoms with Gasteiger partial charge in [0.05, 0.1) is 17.1 Å². The Hall–Kier alpha value is -3.03. The van der Waals surface area contributed by atoms with Crippen LogP contribution in [0.1, 0.15) is 5.56 Å². The second-order valence-corrected chi connectivity index (χ2v) is 9.07. The van der Waals surface area contributed by atoms with Gasteiger partial charge in [0, 0.05) is 11.6 Å². The van der Waals surface area contributed by atoms with Crippen molar-refractivity contribution in [2.24, 2.45) is 0 Å². The molecule has 1 aliphatic rings. The van der Waals surface area contributed by atoms with Gasteiger partial charge in [-0.15, -0.1) is 0 Å². The van der Waals surface area contributed by atoms with Crippen LogP contribution in [0.5, 0.6) is 5.75 Å². The van der Waals surface area contributed by atoms with Crippen molar-refractivity contribution in [2.45, 2.75) is 17.5 Å². The fourth-order valence-electron chi connectivity index (χ4n) is 3.19. The standard InChI is InChI=1S/C22H19ClN2O4S/c23-17-12-10-16(11-13-17)14-24-22(26)21-15-25(19-8-4-5-9-20(19)29-21)30(27,28)18-6-2-1-3-7-18/h1-13,21H,14-15H2,(H,24,26)/t21-/m1/s1. The Kier molecular flexibility index (Phi) is 5.65. The van der Waals surface area contributed by atoms with E-state index in [1.165, 1.54) is 16.4 Å². The van der Waals surface area contributed by atoms with Crippen molar-refractivity contribution in [3.05, 3.63) is 89.4 Å². The molecule has 3 aromatic rings. The molecule has 1 atom stereocenters. The van der Waals surface area contributed by atoms with E-state index in [0.717, 1.165) is 5.56 Å². The van der Waals surface area contributed by atoms with Crippen molar-refractivity contribution in [3.63, 3.8) is 0 Å². The van der Waals surface area contributed by atoms with Crippen molar-refractivity contribution in [1.29, 1.82) is 0 Å². The summed E-state index contributed by atoms with van der Waals surface area (Å²) in [6, 6.07) is 22.0. The zero-order chi connectivity index (χ0) is 21.1. The lowest BCUT2D eigenvalue weighted by Crippen LogP contribution is -2.50. The number of carbonyl (C=O) groups excluding carboxylic acids is 1. The minimum absolute atomic E-state index is 0.124. The van der Waals surface area contributed by atoms with Crippen LogP contribution in [0, 0.1) is 0 Å². The first-order valence-electron chi connectivity index (χ1n) is 9.31. The normalized spacial score (nSPS) is 15.8. The van der Waals surface area contributed by atoms with Gasteiger partial charge in [-0.25, -0.2) is 8.42 Å². The van der Waals surface area contributed by atoms with Crippen LogP contribution in [0.4, 0.5) is 5.69 Å². The molecule has 154 valence electrons. The predicted molar refractivity (Wildman–Crippen MR) is 115 cm³/mol. The number of amides is 1. The molecule has 4 rings (SSSR count). The van der Waals surface area contributed by atoms with E-state index in [1.807, 2.05) is 12.1 Å². The van der Waals surface area contributed by atoms with Crippen LogP contribution in [0.3, 0.4) is 0 Å². The van der Waals surface area contributed by atoms with Crippen molar-refractivity contribution in [2.75, 3.05) is 10.8 Å². The van der Waals surface area contributed by atoms with Crippen LogP contribution in [0.15, 0.2) is 83.8 Å². The minimum Gasteiger partial charge on any atom is -0.476 e. The monoisotopic (exact) mass is 442 g/mol. The van der Waals surface area contributed by atoms with Crippen molar-refractivity contribution in [3.8, 4) is 5.75 Å². The number of anilines is 1. The molecule has 1 aliphatic heterocycles. The lowest BCUT2D eigenvalue weighted by Gasteiger charge is -2.34. The summed E-state index contributed by atoms with van der Waals surface area (Å²) < 4.78 is 33.6. The first-order chi connectivity index (χ1) is 14.4. The lowest BCUT2D eigenvalue weighted by molar-refractivity contribution is -0.127. The van der Waals surface area contributed by atoms with E-state index in [9.17, 15) is 13.2 Å². The third kappa shape index (κ3) is 4.13. The van der Waals surface area contributed by atoms with Gasteiger partial charge in [0.15, 0.2) is 6.10 Å². The Bertz CT molecular complexity index is 1150. The lowest BCUT2D eigenvalue weighted by atomic mass is 10.2. The third-order valence-electron chi connectivity index (χ3n) is 4.74. The van der Waals surface area contributed by atoms with E-state index in [1.54, 1.807) is 54.6 Å². The highest BCUT2D eigenvalue weighted by molar-refractivity contribution is 7.92. The van der Waals surface area contributed by atoms with Gasteiger partial charge in [0.25, 0.3) is 15.9 Å². The first kappa shape index (κ1) is 20.3. The number of benzene rings is 3. The molecule has 0 spiro atoms. The molecule has 1 amide bonds. The van der Waals surface area contributed by atoms with Crippen molar-refractivity contribution >= 4 is 33.2 Å². The van der Waals surface area contributed by atoms with Gasteiger partial charge in [-0.1, -0.05) is 54.1 Å². The van der Waals surface area contributed by atoms with Crippen LogP contribution in [-0.2, 0) is 21.4 Å². The number of rotatable bonds is 5. The Morgan fingerprint density at radius 3 is 2.40 bits per heavy atom. The summed E-state index contributed by atoms with van der Waals surface area (Å²) in [5.41, 5.74) is 1.28. The molecular formula is C22H19ClN2O4S. The Morgan fingerprint density at radius 2 is 1.67 bits per heavy atom. The highest BCUT2D eigenvalue weighted by Gasteiger charge is 2.37. The molecule has 0 bridgehead atoms. The van der Waals surface area contributed by atoms with E-state index < -0.39 is 22.0 Å². The Morgan fingerprint density at radius 1 is 1.00 bits per heavy atom. The summed E-state index contributed by atoms with van der Waals surface area (Å²) in [6.45, 7) is 0.156.